The third-order valence-corrected chi connectivity index (χ3v) is 13.0. The summed E-state index contributed by atoms with van der Waals surface area (Å²) in [6, 6.07) is 0. The van der Waals surface area contributed by atoms with Gasteiger partial charge in [0, 0.05) is 12.8 Å². The zero-order valence-corrected chi connectivity index (χ0v) is 41.7. The number of aliphatic hydroxyl groups is 7. The lowest BCUT2D eigenvalue weighted by atomic mass is 9.98. The fourth-order valence-corrected chi connectivity index (χ4v) is 8.57. The summed E-state index contributed by atoms with van der Waals surface area (Å²) >= 11 is 0. The van der Waals surface area contributed by atoms with Gasteiger partial charge in [0.05, 0.1) is 19.8 Å². The van der Waals surface area contributed by atoms with Crippen LogP contribution in [-0.2, 0) is 38.0 Å². The van der Waals surface area contributed by atoms with Crippen LogP contribution in [0.2, 0.25) is 0 Å². The second-order valence-electron chi connectivity index (χ2n) is 19.1. The van der Waals surface area contributed by atoms with Gasteiger partial charge in [0.15, 0.2) is 18.7 Å². The van der Waals surface area contributed by atoms with Gasteiger partial charge in [-0.05, 0) is 38.5 Å². The zero-order valence-electron chi connectivity index (χ0n) is 41.7. The highest BCUT2D eigenvalue weighted by Gasteiger charge is 2.47. The molecule has 2 aliphatic heterocycles. The molecule has 11 atom stereocenters. The van der Waals surface area contributed by atoms with Crippen molar-refractivity contribution < 1.29 is 73.8 Å². The van der Waals surface area contributed by atoms with Crippen LogP contribution in [0, 0.1) is 0 Å². The topological polar surface area (TPSA) is 231 Å². The Balaban J connectivity index is 1.78. The largest absolute Gasteiger partial charge is 0.462 e. The van der Waals surface area contributed by atoms with Crippen molar-refractivity contribution in [2.45, 2.75) is 280 Å². The molecule has 394 valence electrons. The second kappa shape index (κ2) is 39.9. The highest BCUT2D eigenvalue weighted by molar-refractivity contribution is 5.70. The fourth-order valence-electron chi connectivity index (χ4n) is 8.57. The van der Waals surface area contributed by atoms with Gasteiger partial charge in [-0.25, -0.2) is 0 Å². The van der Waals surface area contributed by atoms with Crippen LogP contribution in [0.15, 0.2) is 12.2 Å². The molecule has 67 heavy (non-hydrogen) atoms. The lowest BCUT2D eigenvalue weighted by molar-refractivity contribution is -0.332. The van der Waals surface area contributed by atoms with Crippen molar-refractivity contribution in [3.05, 3.63) is 12.2 Å². The highest BCUT2D eigenvalue weighted by atomic mass is 16.7. The molecule has 0 aliphatic carbocycles. The first-order valence-electron chi connectivity index (χ1n) is 26.8. The number of unbranched alkanes of at least 4 members (excludes halogenated alkanes) is 26. The molecular weight excluding hydrogens is 865 g/mol. The minimum absolute atomic E-state index is 0.171. The third kappa shape index (κ3) is 28.0. The molecule has 2 saturated heterocycles. The van der Waals surface area contributed by atoms with E-state index >= 15 is 0 Å². The Morgan fingerprint density at radius 3 is 1.33 bits per heavy atom. The van der Waals surface area contributed by atoms with Gasteiger partial charge in [-0.1, -0.05) is 174 Å². The summed E-state index contributed by atoms with van der Waals surface area (Å²) in [5, 5.41) is 72.1. The normalized spacial score (nSPS) is 26.0. The second-order valence-corrected chi connectivity index (χ2v) is 19.1. The predicted octanol–water partition coefficient (Wildman–Crippen LogP) is 7.77. The molecule has 4 unspecified atom stereocenters. The summed E-state index contributed by atoms with van der Waals surface area (Å²) < 4.78 is 33.6. The van der Waals surface area contributed by atoms with Crippen LogP contribution < -0.4 is 0 Å². The number of rotatable bonds is 42. The first kappa shape index (κ1) is 61.4. The number of allylic oxidation sites excluding steroid dienone is 2. The summed E-state index contributed by atoms with van der Waals surface area (Å²) in [5.74, 6) is -0.916. The lowest BCUT2D eigenvalue weighted by Crippen LogP contribution is -2.61. The van der Waals surface area contributed by atoms with Crippen molar-refractivity contribution in [2.75, 3.05) is 26.4 Å². The minimum Gasteiger partial charge on any atom is -0.462 e. The van der Waals surface area contributed by atoms with Gasteiger partial charge in [-0.15, -0.1) is 0 Å². The quantitative estimate of drug-likeness (QED) is 0.0176. The van der Waals surface area contributed by atoms with Crippen LogP contribution >= 0.6 is 0 Å². The van der Waals surface area contributed by atoms with Crippen molar-refractivity contribution in [1.82, 2.24) is 0 Å². The average molecular weight is 961 g/mol. The Hall–Kier alpha value is -1.76. The molecule has 2 fully saturated rings. The summed E-state index contributed by atoms with van der Waals surface area (Å²) in [7, 11) is 0. The predicted molar refractivity (Wildman–Crippen MR) is 257 cm³/mol. The van der Waals surface area contributed by atoms with Crippen LogP contribution in [0.1, 0.15) is 213 Å². The molecule has 2 rings (SSSR count). The zero-order chi connectivity index (χ0) is 48.9. The molecule has 2 aliphatic rings. The van der Waals surface area contributed by atoms with Crippen molar-refractivity contribution in [2.24, 2.45) is 0 Å². The van der Waals surface area contributed by atoms with E-state index in [2.05, 4.69) is 26.0 Å². The highest BCUT2D eigenvalue weighted by Crippen LogP contribution is 2.27. The molecule has 0 amide bonds. The van der Waals surface area contributed by atoms with Crippen LogP contribution in [0.5, 0.6) is 0 Å². The Bertz CT molecular complexity index is 1220. The Labute approximate surface area is 403 Å². The molecular formula is C52H96O15. The van der Waals surface area contributed by atoms with Gasteiger partial charge in [-0.2, -0.15) is 0 Å². The molecule has 0 aromatic heterocycles. The van der Waals surface area contributed by atoms with Gasteiger partial charge < -0.3 is 64.2 Å². The number of ether oxygens (including phenoxy) is 6. The van der Waals surface area contributed by atoms with Gasteiger partial charge in [0.2, 0.25) is 0 Å². The molecule has 0 saturated carbocycles. The van der Waals surface area contributed by atoms with Gasteiger partial charge in [-0.3, -0.25) is 9.59 Å². The molecule has 0 aromatic carbocycles. The van der Waals surface area contributed by atoms with E-state index in [0.717, 1.165) is 38.5 Å². The van der Waals surface area contributed by atoms with Crippen molar-refractivity contribution in [3.63, 3.8) is 0 Å². The summed E-state index contributed by atoms with van der Waals surface area (Å²) in [5.41, 5.74) is 0. The van der Waals surface area contributed by atoms with E-state index in [0.29, 0.717) is 12.8 Å². The third-order valence-electron chi connectivity index (χ3n) is 13.0. The van der Waals surface area contributed by atoms with Crippen molar-refractivity contribution in [3.8, 4) is 0 Å². The first-order chi connectivity index (χ1) is 32.5. The van der Waals surface area contributed by atoms with Crippen LogP contribution in [0.3, 0.4) is 0 Å². The first-order valence-corrected chi connectivity index (χ1v) is 26.8. The van der Waals surface area contributed by atoms with E-state index < -0.39 is 92.7 Å². The molecule has 0 spiro atoms. The van der Waals surface area contributed by atoms with E-state index in [9.17, 15) is 45.3 Å². The molecule has 7 N–H and O–H groups in total. The molecule has 0 bridgehead atoms. The summed E-state index contributed by atoms with van der Waals surface area (Å²) in [6.45, 7) is 2.60. The summed E-state index contributed by atoms with van der Waals surface area (Å²) in [6.07, 6.45) is 22.3. The molecule has 2 heterocycles. The maximum absolute atomic E-state index is 13.0. The monoisotopic (exact) mass is 961 g/mol. The van der Waals surface area contributed by atoms with Gasteiger partial charge >= 0.3 is 11.9 Å². The SMILES string of the molecule is CCCCCC/C=C/CCCCCCCCCCCC(=O)OC[C@@H](CO[C@@H]1O[C@H](CO[C@@H]2O[C@H](CO)[C@H](O)C(O)C2O)[C@H](O)C(O)C1O)OC(=O)CCCCCCCCCCCCCCCC. The maximum Gasteiger partial charge on any atom is 0.306 e. The van der Waals surface area contributed by atoms with Crippen LogP contribution in [0.4, 0.5) is 0 Å². The standard InChI is InChI=1S/C52H96O15/c1-3-5-7-9-11-13-15-17-19-20-21-23-24-26-28-30-32-34-43(54)62-37-40(65-44(55)35-33-31-29-27-25-22-18-16-14-12-10-8-6-4-2)38-63-51-50(61)48(59)46(57)42(67-51)39-64-52-49(60)47(58)45(56)41(36-53)66-52/h13,15,40-42,45-53,56-61H,3-12,14,16-39H2,1-2H3/b15-13+/t40-,41+,42+,45-,46-,47?,48?,49?,50?,51+,52+/m0/s1. The molecule has 0 aromatic rings. The summed E-state index contributed by atoms with van der Waals surface area (Å²) in [4.78, 5) is 25.8. The number of hydrogen-bond acceptors (Lipinski definition) is 15. The van der Waals surface area contributed by atoms with Gasteiger partial charge in [0.1, 0.15) is 55.4 Å². The number of carbonyl (C=O) groups is 2. The van der Waals surface area contributed by atoms with Crippen LogP contribution in [0.25, 0.3) is 0 Å². The van der Waals surface area contributed by atoms with Crippen molar-refractivity contribution >= 4 is 11.9 Å². The Morgan fingerprint density at radius 2 is 0.851 bits per heavy atom. The number of hydrogen-bond donors (Lipinski definition) is 7. The fraction of sp³-hybridized carbons (Fsp3) is 0.923. The van der Waals surface area contributed by atoms with E-state index in [4.69, 9.17) is 28.4 Å². The van der Waals surface area contributed by atoms with E-state index in [1.165, 1.54) is 135 Å². The Morgan fingerprint density at radius 1 is 0.463 bits per heavy atom. The molecule has 0 radical (unpaired) electrons. The average Bonchev–Trinajstić information content (AvgIpc) is 3.32. The Kier molecular flexibility index (Phi) is 36.5. The van der Waals surface area contributed by atoms with Gasteiger partial charge in [0.25, 0.3) is 0 Å². The minimum atomic E-state index is -1.76. The lowest BCUT2D eigenvalue weighted by Gasteiger charge is -2.42. The molecule has 15 nitrogen and oxygen atoms in total. The smallest absolute Gasteiger partial charge is 0.306 e. The number of aliphatic hydroxyl groups excluding tert-OH is 7. The van der Waals surface area contributed by atoms with Crippen LogP contribution in [-0.4, -0.2) is 142 Å². The molecule has 15 heteroatoms. The van der Waals surface area contributed by atoms with E-state index in [-0.39, 0.29) is 26.1 Å². The number of esters is 2. The number of carbonyl (C=O) groups excluding carboxylic acids is 2. The van der Waals surface area contributed by atoms with Crippen molar-refractivity contribution in [1.29, 1.82) is 0 Å². The maximum atomic E-state index is 13.0. The van der Waals surface area contributed by atoms with E-state index in [1.807, 2.05) is 0 Å². The van der Waals surface area contributed by atoms with E-state index in [1.54, 1.807) is 0 Å².